The molecule has 0 spiro atoms. The van der Waals surface area contributed by atoms with E-state index >= 15 is 8.78 Å². The number of ether oxygens (including phenoxy) is 1. The highest BCUT2D eigenvalue weighted by Crippen LogP contribution is 2.37. The Bertz CT molecular complexity index is 1730. The van der Waals surface area contributed by atoms with Gasteiger partial charge in [-0.05, 0) is 77.1 Å². The lowest BCUT2D eigenvalue weighted by Gasteiger charge is -2.25. The summed E-state index contributed by atoms with van der Waals surface area (Å²) in [7, 11) is 0. The van der Waals surface area contributed by atoms with E-state index in [1.165, 1.54) is 67.0 Å². The fourth-order valence-electron chi connectivity index (χ4n) is 5.70. The Morgan fingerprint density at radius 2 is 1.55 bits per heavy atom. The summed E-state index contributed by atoms with van der Waals surface area (Å²) in [6, 6.07) is 13.3. The van der Waals surface area contributed by atoms with E-state index in [-0.39, 0.29) is 0 Å². The van der Waals surface area contributed by atoms with Gasteiger partial charge in [0, 0.05) is 12.0 Å². The molecular formula is C35H28F8O. The van der Waals surface area contributed by atoms with Gasteiger partial charge in [0.15, 0.2) is 5.82 Å². The molecule has 4 aromatic rings. The summed E-state index contributed by atoms with van der Waals surface area (Å²) in [4.78, 5) is 0. The average Bonchev–Trinajstić information content (AvgIpc) is 2.96. The topological polar surface area (TPSA) is 9.23 Å². The van der Waals surface area contributed by atoms with Gasteiger partial charge < -0.3 is 4.74 Å². The van der Waals surface area contributed by atoms with Gasteiger partial charge in [0.2, 0.25) is 0 Å². The van der Waals surface area contributed by atoms with Crippen molar-refractivity contribution in [3.05, 3.63) is 100 Å². The van der Waals surface area contributed by atoms with Crippen LogP contribution in [-0.4, -0.2) is 6.18 Å². The molecular weight excluding hydrogens is 588 g/mol. The number of aryl methyl sites for hydroxylation is 1. The van der Waals surface area contributed by atoms with Crippen LogP contribution in [0.4, 0.5) is 35.1 Å². The number of hydrogen-bond acceptors (Lipinski definition) is 1. The van der Waals surface area contributed by atoms with Crippen LogP contribution in [0.2, 0.25) is 0 Å². The second-order valence-corrected chi connectivity index (χ2v) is 11.1. The van der Waals surface area contributed by atoms with Crippen molar-refractivity contribution >= 4 is 10.8 Å². The quantitative estimate of drug-likeness (QED) is 0.109. The second-order valence-electron chi connectivity index (χ2n) is 11.1. The predicted molar refractivity (Wildman–Crippen MR) is 153 cm³/mol. The summed E-state index contributed by atoms with van der Waals surface area (Å²) in [5.41, 5.74) is 2.38. The minimum atomic E-state index is -5.04. The molecule has 0 fully saturated rings. The molecule has 1 aliphatic rings. The standard InChI is InChI=1S/C35H28F8O/c1-2-3-4-5-21-6-7-25-17-24(9-8-23(25)16-21)22-10-12-27(13-11-22)35(42,43)44-28-18-26-19-30(36)29(14-15-34(39,40)41)33(38)32(26)31(37)20-28/h8-13,17-21H,2-7,16H2,1H3. The summed E-state index contributed by atoms with van der Waals surface area (Å²) < 4.78 is 116. The fraction of sp³-hybridized carbons (Fsp3) is 0.314. The maximum Gasteiger partial charge on any atom is 0.458 e. The molecule has 0 radical (unpaired) electrons. The van der Waals surface area contributed by atoms with Crippen LogP contribution in [0.1, 0.15) is 61.3 Å². The fourth-order valence-corrected chi connectivity index (χ4v) is 5.70. The van der Waals surface area contributed by atoms with Gasteiger partial charge in [-0.2, -0.15) is 22.0 Å². The third kappa shape index (κ3) is 7.01. The van der Waals surface area contributed by atoms with Gasteiger partial charge in [0.05, 0.1) is 16.5 Å². The summed E-state index contributed by atoms with van der Waals surface area (Å²) in [5, 5.41) is -1.44. The molecule has 1 unspecified atom stereocenters. The van der Waals surface area contributed by atoms with Crippen LogP contribution in [0.5, 0.6) is 5.75 Å². The lowest BCUT2D eigenvalue weighted by molar-refractivity contribution is -0.185. The monoisotopic (exact) mass is 616 g/mol. The smallest absolute Gasteiger partial charge is 0.429 e. The molecule has 0 saturated carbocycles. The van der Waals surface area contributed by atoms with Crippen LogP contribution in [0.15, 0.2) is 60.7 Å². The van der Waals surface area contributed by atoms with Crippen molar-refractivity contribution in [2.45, 2.75) is 64.2 Å². The van der Waals surface area contributed by atoms with Crippen molar-refractivity contribution < 1.29 is 39.9 Å². The van der Waals surface area contributed by atoms with Gasteiger partial charge in [0.25, 0.3) is 0 Å². The molecule has 230 valence electrons. The van der Waals surface area contributed by atoms with E-state index in [4.69, 9.17) is 4.74 Å². The zero-order valence-corrected chi connectivity index (χ0v) is 23.7. The van der Waals surface area contributed by atoms with E-state index in [0.29, 0.717) is 18.1 Å². The average molecular weight is 617 g/mol. The van der Waals surface area contributed by atoms with Crippen molar-refractivity contribution in [1.29, 1.82) is 0 Å². The van der Waals surface area contributed by atoms with Crippen LogP contribution >= 0.6 is 0 Å². The van der Waals surface area contributed by atoms with E-state index in [9.17, 15) is 26.3 Å². The lowest BCUT2D eigenvalue weighted by atomic mass is 9.80. The normalized spacial score (nSPS) is 15.1. The van der Waals surface area contributed by atoms with Crippen LogP contribution < -0.4 is 4.74 Å². The molecule has 0 heterocycles. The van der Waals surface area contributed by atoms with Gasteiger partial charge in [-0.1, -0.05) is 68.9 Å². The molecule has 0 N–H and O–H groups in total. The van der Waals surface area contributed by atoms with Gasteiger partial charge in [-0.15, -0.1) is 0 Å². The summed E-state index contributed by atoms with van der Waals surface area (Å²) in [5.74, 6) is -2.64. The van der Waals surface area contributed by atoms with Crippen molar-refractivity contribution in [2.75, 3.05) is 0 Å². The number of unbranched alkanes of at least 4 members (excludes halogenated alkanes) is 2. The van der Waals surface area contributed by atoms with Crippen LogP contribution in [0.3, 0.4) is 0 Å². The number of alkyl halides is 5. The maximum atomic E-state index is 15.1. The predicted octanol–water partition coefficient (Wildman–Crippen LogP) is 10.7. The zero-order valence-electron chi connectivity index (χ0n) is 23.7. The number of rotatable bonds is 8. The summed E-state index contributed by atoms with van der Waals surface area (Å²) in [6.07, 6.45) is -0.917. The number of hydrogen-bond donors (Lipinski definition) is 0. The number of benzene rings is 4. The Morgan fingerprint density at radius 3 is 2.25 bits per heavy atom. The van der Waals surface area contributed by atoms with Gasteiger partial charge in [-0.3, -0.25) is 0 Å². The highest BCUT2D eigenvalue weighted by Gasteiger charge is 2.35. The Morgan fingerprint density at radius 1 is 0.818 bits per heavy atom. The maximum absolute atomic E-state index is 15.1. The Kier molecular flexibility index (Phi) is 8.92. The first-order valence-corrected chi connectivity index (χ1v) is 14.4. The molecule has 1 nitrogen and oxygen atoms in total. The molecule has 0 bridgehead atoms. The Hall–Kier alpha value is -4.06. The molecule has 9 heteroatoms. The largest absolute Gasteiger partial charge is 0.458 e. The second kappa shape index (κ2) is 12.5. The van der Waals surface area contributed by atoms with Crippen molar-refractivity contribution in [2.24, 2.45) is 5.92 Å². The molecule has 1 aliphatic carbocycles. The summed E-state index contributed by atoms with van der Waals surface area (Å²) >= 11 is 0. The van der Waals surface area contributed by atoms with E-state index in [2.05, 4.69) is 19.1 Å². The van der Waals surface area contributed by atoms with Gasteiger partial charge in [0.1, 0.15) is 17.4 Å². The first-order chi connectivity index (χ1) is 20.8. The van der Waals surface area contributed by atoms with E-state index in [1.807, 2.05) is 6.07 Å². The first-order valence-electron chi connectivity index (χ1n) is 14.4. The molecule has 0 amide bonds. The molecule has 0 saturated heterocycles. The van der Waals surface area contributed by atoms with Crippen LogP contribution in [0, 0.1) is 35.2 Å². The zero-order chi connectivity index (χ0) is 31.6. The number of fused-ring (bicyclic) bond motifs is 2. The molecule has 0 aliphatic heterocycles. The molecule has 44 heavy (non-hydrogen) atoms. The lowest BCUT2D eigenvalue weighted by Crippen LogP contribution is -2.21. The van der Waals surface area contributed by atoms with Gasteiger partial charge in [-0.25, -0.2) is 13.2 Å². The van der Waals surface area contributed by atoms with Crippen molar-refractivity contribution in [3.63, 3.8) is 0 Å². The highest BCUT2D eigenvalue weighted by molar-refractivity contribution is 5.87. The third-order valence-corrected chi connectivity index (χ3v) is 7.94. The highest BCUT2D eigenvalue weighted by atomic mass is 19.4. The van der Waals surface area contributed by atoms with Crippen molar-refractivity contribution in [1.82, 2.24) is 0 Å². The van der Waals surface area contributed by atoms with E-state index in [0.717, 1.165) is 42.4 Å². The van der Waals surface area contributed by atoms with E-state index < -0.39 is 57.4 Å². The first kappa shape index (κ1) is 31.4. The van der Waals surface area contributed by atoms with Gasteiger partial charge >= 0.3 is 12.3 Å². The Balaban J connectivity index is 1.33. The molecule has 5 rings (SSSR count). The van der Waals surface area contributed by atoms with Crippen LogP contribution in [0.25, 0.3) is 21.9 Å². The SMILES string of the molecule is CCCCCC1CCc2cc(-c3ccc(C(F)(F)Oc4cc(F)c5c(F)c(C#CC(F)(F)F)c(F)cc5c4)cc3)ccc2C1. The summed E-state index contributed by atoms with van der Waals surface area (Å²) in [6.45, 7) is 2.19. The minimum Gasteiger partial charge on any atom is -0.429 e. The van der Waals surface area contributed by atoms with E-state index in [1.54, 1.807) is 0 Å². The van der Waals surface area contributed by atoms with Crippen LogP contribution in [-0.2, 0) is 19.0 Å². The van der Waals surface area contributed by atoms with Crippen molar-refractivity contribution in [3.8, 4) is 28.7 Å². The third-order valence-electron chi connectivity index (χ3n) is 7.94. The Labute approximate surface area is 249 Å². The molecule has 1 atom stereocenters. The number of halogens is 8. The molecule has 0 aromatic heterocycles. The molecule has 4 aromatic carbocycles. The minimum absolute atomic E-state index is 0.452.